The third kappa shape index (κ3) is 4.25. The van der Waals surface area contributed by atoms with E-state index in [2.05, 4.69) is 16.0 Å². The Hall–Kier alpha value is -3.36. The number of nitrogens with zero attached hydrogens (tertiary/aromatic N) is 2. The highest BCUT2D eigenvalue weighted by Gasteiger charge is 2.27. The molecule has 9 heteroatoms. The summed E-state index contributed by atoms with van der Waals surface area (Å²) in [5.74, 6) is 0.0265. The predicted molar refractivity (Wildman–Crippen MR) is 94.9 cm³/mol. The maximum Gasteiger partial charge on any atom is 0.265 e. The van der Waals surface area contributed by atoms with Gasteiger partial charge in [-0.3, -0.25) is 30.1 Å². The van der Waals surface area contributed by atoms with E-state index in [0.717, 1.165) is 11.3 Å². The highest BCUT2D eigenvalue weighted by atomic mass is 16.5. The van der Waals surface area contributed by atoms with Gasteiger partial charge in [0.25, 0.3) is 11.8 Å². The van der Waals surface area contributed by atoms with E-state index >= 15 is 0 Å². The first-order chi connectivity index (χ1) is 13.0. The van der Waals surface area contributed by atoms with E-state index < -0.39 is 5.91 Å². The third-order valence-corrected chi connectivity index (χ3v) is 4.23. The number of hydrazine groups is 1. The standard InChI is InChI=1S/C18H20N4O5/c1-11-13(12(2)27-21-11)7-8-16(23)19-20-17(24)9-22-14-5-3-4-6-15(14)26-10-18(22)25/h3-6H,7-10H2,1-2H3,(H,19,23)(H,20,24). The Labute approximate surface area is 155 Å². The Kier molecular flexibility index (Phi) is 5.39. The van der Waals surface area contributed by atoms with Crippen LogP contribution in [0.2, 0.25) is 0 Å². The number of carbonyl (C=O) groups is 3. The first kappa shape index (κ1) is 18.4. The monoisotopic (exact) mass is 372 g/mol. The van der Waals surface area contributed by atoms with Gasteiger partial charge >= 0.3 is 0 Å². The molecule has 3 amide bonds. The summed E-state index contributed by atoms with van der Waals surface area (Å²) in [5, 5.41) is 3.83. The highest BCUT2D eigenvalue weighted by Crippen LogP contribution is 2.31. The molecule has 0 unspecified atom stereocenters. The average molecular weight is 372 g/mol. The molecule has 1 aliphatic rings. The van der Waals surface area contributed by atoms with Crippen LogP contribution in [-0.4, -0.2) is 36.0 Å². The summed E-state index contributed by atoms with van der Waals surface area (Å²) < 4.78 is 10.4. The summed E-state index contributed by atoms with van der Waals surface area (Å²) >= 11 is 0. The zero-order valence-corrected chi connectivity index (χ0v) is 15.1. The van der Waals surface area contributed by atoms with Gasteiger partial charge in [0.15, 0.2) is 6.61 Å². The number of amides is 3. The van der Waals surface area contributed by atoms with E-state index in [4.69, 9.17) is 9.26 Å². The first-order valence-corrected chi connectivity index (χ1v) is 8.47. The number of benzene rings is 1. The van der Waals surface area contributed by atoms with Crippen LogP contribution in [0.4, 0.5) is 5.69 Å². The molecule has 0 atom stereocenters. The SMILES string of the molecule is Cc1noc(C)c1CCC(=O)NNC(=O)CN1C(=O)COc2ccccc21. The molecule has 9 nitrogen and oxygen atoms in total. The quantitative estimate of drug-likeness (QED) is 0.751. The molecule has 0 bridgehead atoms. The molecule has 0 fully saturated rings. The molecule has 2 N–H and O–H groups in total. The Morgan fingerprint density at radius 2 is 1.93 bits per heavy atom. The van der Waals surface area contributed by atoms with E-state index in [-0.39, 0.29) is 31.4 Å². The second-order valence-electron chi connectivity index (χ2n) is 6.14. The van der Waals surface area contributed by atoms with Gasteiger partial charge in [-0.1, -0.05) is 17.3 Å². The van der Waals surface area contributed by atoms with Crippen molar-refractivity contribution >= 4 is 23.4 Å². The lowest BCUT2D eigenvalue weighted by atomic mass is 10.1. The second-order valence-corrected chi connectivity index (χ2v) is 6.14. The number of para-hydroxylation sites is 2. The molecule has 0 saturated heterocycles. The van der Waals surface area contributed by atoms with Crippen LogP contribution < -0.4 is 20.5 Å². The molecule has 0 aliphatic carbocycles. The number of hydrogen-bond donors (Lipinski definition) is 2. The molecule has 142 valence electrons. The number of anilines is 1. The van der Waals surface area contributed by atoms with E-state index in [1.807, 2.05) is 6.92 Å². The maximum atomic E-state index is 12.1. The normalized spacial score (nSPS) is 13.0. The fourth-order valence-corrected chi connectivity index (χ4v) is 2.81. The van der Waals surface area contributed by atoms with Gasteiger partial charge in [0.2, 0.25) is 5.91 Å². The van der Waals surface area contributed by atoms with E-state index in [1.165, 1.54) is 4.90 Å². The van der Waals surface area contributed by atoms with Crippen LogP contribution in [0.15, 0.2) is 28.8 Å². The van der Waals surface area contributed by atoms with Gasteiger partial charge in [-0.05, 0) is 32.4 Å². The summed E-state index contributed by atoms with van der Waals surface area (Å²) in [6.07, 6.45) is 0.626. The molecule has 1 aromatic carbocycles. The van der Waals surface area contributed by atoms with Gasteiger partial charge in [-0.15, -0.1) is 0 Å². The van der Waals surface area contributed by atoms with Crippen LogP contribution in [0.3, 0.4) is 0 Å². The average Bonchev–Trinajstić information content (AvgIpc) is 2.98. The molecule has 0 saturated carbocycles. The Balaban J connectivity index is 1.50. The Bertz CT molecular complexity index is 857. The first-order valence-electron chi connectivity index (χ1n) is 8.47. The molecule has 2 heterocycles. The zero-order valence-electron chi connectivity index (χ0n) is 15.1. The van der Waals surface area contributed by atoms with Crippen molar-refractivity contribution in [1.29, 1.82) is 0 Å². The van der Waals surface area contributed by atoms with Gasteiger partial charge in [0.05, 0.1) is 11.4 Å². The molecule has 1 aliphatic heterocycles. The van der Waals surface area contributed by atoms with Crippen molar-refractivity contribution in [3.63, 3.8) is 0 Å². The van der Waals surface area contributed by atoms with Crippen molar-refractivity contribution in [2.24, 2.45) is 0 Å². The van der Waals surface area contributed by atoms with Crippen molar-refractivity contribution in [3.05, 3.63) is 41.3 Å². The van der Waals surface area contributed by atoms with Crippen LogP contribution in [0.25, 0.3) is 0 Å². The van der Waals surface area contributed by atoms with E-state index in [1.54, 1.807) is 31.2 Å². The van der Waals surface area contributed by atoms with E-state index in [0.29, 0.717) is 23.6 Å². The van der Waals surface area contributed by atoms with Crippen molar-refractivity contribution in [2.45, 2.75) is 26.7 Å². The van der Waals surface area contributed by atoms with Gasteiger partial charge in [-0.25, -0.2) is 0 Å². The molecule has 3 rings (SSSR count). The molecule has 2 aromatic rings. The topological polar surface area (TPSA) is 114 Å². The zero-order chi connectivity index (χ0) is 19.4. The lowest BCUT2D eigenvalue weighted by Gasteiger charge is -2.28. The Morgan fingerprint density at radius 1 is 1.19 bits per heavy atom. The molecule has 0 radical (unpaired) electrons. The molecule has 0 spiro atoms. The number of aryl methyl sites for hydroxylation is 2. The summed E-state index contributed by atoms with van der Waals surface area (Å²) in [6.45, 7) is 3.24. The fourth-order valence-electron chi connectivity index (χ4n) is 2.81. The minimum absolute atomic E-state index is 0.131. The number of fused-ring (bicyclic) bond motifs is 1. The molecule has 1 aromatic heterocycles. The highest BCUT2D eigenvalue weighted by molar-refractivity contribution is 6.02. The van der Waals surface area contributed by atoms with Crippen LogP contribution in [0.1, 0.15) is 23.4 Å². The van der Waals surface area contributed by atoms with Crippen LogP contribution in [0.5, 0.6) is 5.75 Å². The number of carbonyl (C=O) groups excluding carboxylic acids is 3. The maximum absolute atomic E-state index is 12.1. The van der Waals surface area contributed by atoms with Crippen molar-refractivity contribution < 1.29 is 23.6 Å². The fraction of sp³-hybridized carbons (Fsp3) is 0.333. The summed E-state index contributed by atoms with van der Waals surface area (Å²) in [6, 6.07) is 6.96. The number of aromatic nitrogens is 1. The van der Waals surface area contributed by atoms with Crippen molar-refractivity contribution in [1.82, 2.24) is 16.0 Å². The third-order valence-electron chi connectivity index (χ3n) is 4.23. The molecular weight excluding hydrogens is 352 g/mol. The van der Waals surface area contributed by atoms with Gasteiger partial charge in [0, 0.05) is 12.0 Å². The van der Waals surface area contributed by atoms with Gasteiger partial charge in [0.1, 0.15) is 18.1 Å². The lowest BCUT2D eigenvalue weighted by Crippen LogP contribution is -2.49. The number of ether oxygens (including phenoxy) is 1. The smallest absolute Gasteiger partial charge is 0.265 e. The number of hydrogen-bond acceptors (Lipinski definition) is 6. The molecule has 27 heavy (non-hydrogen) atoms. The summed E-state index contributed by atoms with van der Waals surface area (Å²) in [4.78, 5) is 37.4. The van der Waals surface area contributed by atoms with E-state index in [9.17, 15) is 14.4 Å². The van der Waals surface area contributed by atoms with Crippen molar-refractivity contribution in [2.75, 3.05) is 18.1 Å². The summed E-state index contributed by atoms with van der Waals surface area (Å²) in [5.41, 5.74) is 6.83. The largest absolute Gasteiger partial charge is 0.482 e. The van der Waals surface area contributed by atoms with Crippen LogP contribution >= 0.6 is 0 Å². The molecular formula is C18H20N4O5. The van der Waals surface area contributed by atoms with Crippen molar-refractivity contribution in [3.8, 4) is 5.75 Å². The second kappa shape index (κ2) is 7.90. The van der Waals surface area contributed by atoms with Gasteiger partial charge < -0.3 is 9.26 Å². The number of nitrogens with one attached hydrogen (secondary N) is 2. The summed E-state index contributed by atoms with van der Waals surface area (Å²) in [7, 11) is 0. The lowest BCUT2D eigenvalue weighted by molar-refractivity contribution is -0.129. The predicted octanol–water partition coefficient (Wildman–Crippen LogP) is 0.797. The minimum Gasteiger partial charge on any atom is -0.482 e. The van der Waals surface area contributed by atoms with Gasteiger partial charge in [-0.2, -0.15) is 0 Å². The van der Waals surface area contributed by atoms with Crippen LogP contribution in [-0.2, 0) is 20.8 Å². The minimum atomic E-state index is -0.509. The van der Waals surface area contributed by atoms with Crippen LogP contribution in [0, 0.1) is 13.8 Å². The number of rotatable bonds is 5. The Morgan fingerprint density at radius 3 is 2.67 bits per heavy atom.